The van der Waals surface area contributed by atoms with Gasteiger partial charge in [-0.3, -0.25) is 9.36 Å². The molecule has 0 atom stereocenters. The van der Waals surface area contributed by atoms with Gasteiger partial charge in [0.25, 0.3) is 5.56 Å². The van der Waals surface area contributed by atoms with Gasteiger partial charge in [-0.05, 0) is 62.3 Å². The molecule has 0 bridgehead atoms. The normalized spacial score (nSPS) is 15.3. The van der Waals surface area contributed by atoms with Crippen LogP contribution >= 0.6 is 11.8 Å². The zero-order valence-electron chi connectivity index (χ0n) is 15.1. The summed E-state index contributed by atoms with van der Waals surface area (Å²) < 4.78 is 15.0. The molecule has 4 rings (SSSR count). The Morgan fingerprint density at radius 1 is 1.00 bits per heavy atom. The van der Waals surface area contributed by atoms with E-state index in [9.17, 15) is 9.18 Å². The molecule has 27 heavy (non-hydrogen) atoms. The molecule has 140 valence electrons. The lowest BCUT2D eigenvalue weighted by molar-refractivity contribution is 0.242. The van der Waals surface area contributed by atoms with E-state index < -0.39 is 0 Å². The molecule has 0 saturated carbocycles. The average Bonchev–Trinajstić information content (AvgIpc) is 2.70. The van der Waals surface area contributed by atoms with Crippen molar-refractivity contribution in [3.63, 3.8) is 0 Å². The van der Waals surface area contributed by atoms with E-state index in [1.807, 2.05) is 18.2 Å². The van der Waals surface area contributed by atoms with Crippen LogP contribution in [0.1, 0.15) is 19.3 Å². The van der Waals surface area contributed by atoms with Crippen molar-refractivity contribution in [3.05, 3.63) is 64.7 Å². The van der Waals surface area contributed by atoms with Crippen LogP contribution < -0.4 is 5.56 Å². The predicted molar refractivity (Wildman–Crippen MR) is 108 cm³/mol. The quantitative estimate of drug-likeness (QED) is 0.491. The molecule has 1 aliphatic heterocycles. The summed E-state index contributed by atoms with van der Waals surface area (Å²) in [4.78, 5) is 20.3. The number of halogens is 1. The van der Waals surface area contributed by atoms with Crippen LogP contribution in [0.15, 0.2) is 58.5 Å². The van der Waals surface area contributed by atoms with Crippen LogP contribution in [-0.4, -0.2) is 39.8 Å². The molecule has 1 aromatic heterocycles. The number of benzene rings is 2. The summed E-state index contributed by atoms with van der Waals surface area (Å²) in [6.07, 6.45) is 3.85. The maximum Gasteiger partial charge on any atom is 0.266 e. The van der Waals surface area contributed by atoms with Crippen LogP contribution in [0.25, 0.3) is 16.6 Å². The van der Waals surface area contributed by atoms with E-state index in [0.29, 0.717) is 21.7 Å². The zero-order valence-corrected chi connectivity index (χ0v) is 15.9. The molecule has 1 fully saturated rings. The van der Waals surface area contributed by atoms with Gasteiger partial charge in [-0.1, -0.05) is 30.3 Å². The molecule has 0 aliphatic carbocycles. The minimum atomic E-state index is -0.320. The minimum Gasteiger partial charge on any atom is -0.303 e. The van der Waals surface area contributed by atoms with Crippen LogP contribution in [0, 0.1) is 5.82 Å². The van der Waals surface area contributed by atoms with E-state index in [-0.39, 0.29) is 11.4 Å². The Morgan fingerprint density at radius 3 is 2.52 bits per heavy atom. The summed E-state index contributed by atoms with van der Waals surface area (Å²) in [6.45, 7) is 3.28. The third-order valence-electron chi connectivity index (χ3n) is 4.92. The summed E-state index contributed by atoms with van der Waals surface area (Å²) in [5.41, 5.74) is 1.22. The average molecular weight is 383 g/mol. The summed E-state index contributed by atoms with van der Waals surface area (Å²) in [7, 11) is 0. The van der Waals surface area contributed by atoms with E-state index in [1.165, 1.54) is 31.4 Å². The van der Waals surface area contributed by atoms with Gasteiger partial charge in [-0.15, -0.1) is 0 Å². The number of hydrogen-bond donors (Lipinski definition) is 0. The predicted octanol–water partition coefficient (Wildman–Crippen LogP) is 4.10. The van der Waals surface area contributed by atoms with Crippen molar-refractivity contribution in [3.8, 4) is 5.69 Å². The Balaban J connectivity index is 1.67. The fourth-order valence-corrected chi connectivity index (χ4v) is 4.49. The van der Waals surface area contributed by atoms with Crippen molar-refractivity contribution in [2.24, 2.45) is 0 Å². The van der Waals surface area contributed by atoms with Crippen LogP contribution in [0.3, 0.4) is 0 Å². The van der Waals surface area contributed by atoms with Gasteiger partial charge in [0.05, 0.1) is 16.6 Å². The topological polar surface area (TPSA) is 38.1 Å². The number of thioether (sulfide) groups is 1. The minimum absolute atomic E-state index is 0.118. The van der Waals surface area contributed by atoms with Crippen molar-refractivity contribution in [1.82, 2.24) is 14.5 Å². The fraction of sp³-hybridized carbons (Fsp3) is 0.333. The molecule has 2 aromatic carbocycles. The Kier molecular flexibility index (Phi) is 5.55. The third kappa shape index (κ3) is 4.06. The van der Waals surface area contributed by atoms with Gasteiger partial charge in [0, 0.05) is 12.3 Å². The number of likely N-dealkylation sites (tertiary alicyclic amines) is 1. The number of rotatable bonds is 5. The van der Waals surface area contributed by atoms with Crippen LogP contribution in [0.5, 0.6) is 0 Å². The Morgan fingerprint density at radius 2 is 1.74 bits per heavy atom. The molecule has 0 unspecified atom stereocenters. The number of aromatic nitrogens is 2. The number of para-hydroxylation sites is 1. The largest absolute Gasteiger partial charge is 0.303 e. The zero-order chi connectivity index (χ0) is 18.6. The van der Waals surface area contributed by atoms with Gasteiger partial charge in [0.15, 0.2) is 5.16 Å². The van der Waals surface area contributed by atoms with Crippen molar-refractivity contribution in [2.45, 2.75) is 24.4 Å². The Hall–Kier alpha value is -2.18. The molecule has 1 aliphatic rings. The highest BCUT2D eigenvalue weighted by molar-refractivity contribution is 7.99. The van der Waals surface area contributed by atoms with Crippen molar-refractivity contribution < 1.29 is 4.39 Å². The van der Waals surface area contributed by atoms with Crippen LogP contribution in [0.4, 0.5) is 4.39 Å². The number of hydrogen-bond acceptors (Lipinski definition) is 4. The van der Waals surface area contributed by atoms with E-state index >= 15 is 0 Å². The lowest BCUT2D eigenvalue weighted by atomic mass is 10.1. The molecule has 0 amide bonds. The fourth-order valence-electron chi connectivity index (χ4n) is 3.48. The lowest BCUT2D eigenvalue weighted by Gasteiger charge is -2.26. The third-order valence-corrected chi connectivity index (χ3v) is 5.84. The first-order chi connectivity index (χ1) is 13.2. The van der Waals surface area contributed by atoms with Crippen molar-refractivity contribution in [1.29, 1.82) is 0 Å². The van der Waals surface area contributed by atoms with E-state index in [1.54, 1.807) is 34.5 Å². The highest BCUT2D eigenvalue weighted by Crippen LogP contribution is 2.22. The van der Waals surface area contributed by atoms with Gasteiger partial charge in [-0.25, -0.2) is 9.37 Å². The molecule has 4 nitrogen and oxygen atoms in total. The second-order valence-corrected chi connectivity index (χ2v) is 7.84. The summed E-state index contributed by atoms with van der Waals surface area (Å²) in [6, 6.07) is 13.4. The van der Waals surface area contributed by atoms with E-state index in [0.717, 1.165) is 25.4 Å². The number of fused-ring (bicyclic) bond motifs is 1. The number of nitrogens with zero attached hydrogens (tertiary/aromatic N) is 3. The van der Waals surface area contributed by atoms with Crippen molar-refractivity contribution in [2.75, 3.05) is 25.4 Å². The molecule has 0 radical (unpaired) electrons. The maximum absolute atomic E-state index is 13.4. The highest BCUT2D eigenvalue weighted by Gasteiger charge is 2.15. The highest BCUT2D eigenvalue weighted by atomic mass is 32.2. The summed E-state index contributed by atoms with van der Waals surface area (Å²) in [5.74, 6) is 0.547. The first-order valence-electron chi connectivity index (χ1n) is 9.35. The second-order valence-electron chi connectivity index (χ2n) is 6.78. The monoisotopic (exact) mass is 383 g/mol. The SMILES string of the molecule is O=c1c2ccccc2nc(SCCN2CCCCC2)n1-c1ccc(F)cc1. The van der Waals surface area contributed by atoms with Gasteiger partial charge < -0.3 is 4.90 Å². The van der Waals surface area contributed by atoms with Gasteiger partial charge in [0.2, 0.25) is 0 Å². The molecule has 3 aromatic rings. The molecular formula is C21H22FN3OS. The molecule has 6 heteroatoms. The first-order valence-corrected chi connectivity index (χ1v) is 10.3. The summed E-state index contributed by atoms with van der Waals surface area (Å²) in [5, 5.41) is 1.23. The van der Waals surface area contributed by atoms with Gasteiger partial charge in [-0.2, -0.15) is 0 Å². The first kappa shape index (κ1) is 18.2. The molecule has 0 N–H and O–H groups in total. The number of piperidine rings is 1. The van der Waals surface area contributed by atoms with E-state index in [4.69, 9.17) is 4.98 Å². The molecule has 2 heterocycles. The molecular weight excluding hydrogens is 361 g/mol. The molecule has 0 spiro atoms. The van der Waals surface area contributed by atoms with E-state index in [2.05, 4.69) is 4.90 Å². The Bertz CT molecular complexity index is 981. The standard InChI is InChI=1S/C21H22FN3OS/c22-16-8-10-17(11-9-16)25-20(26)18-6-2-3-7-19(18)23-21(25)27-15-14-24-12-4-1-5-13-24/h2-3,6-11H,1,4-5,12-15H2. The summed E-state index contributed by atoms with van der Waals surface area (Å²) >= 11 is 1.59. The Labute approximate surface area is 162 Å². The van der Waals surface area contributed by atoms with Crippen LogP contribution in [0.2, 0.25) is 0 Å². The smallest absolute Gasteiger partial charge is 0.266 e. The lowest BCUT2D eigenvalue weighted by Crippen LogP contribution is -2.31. The second kappa shape index (κ2) is 8.23. The maximum atomic E-state index is 13.4. The van der Waals surface area contributed by atoms with Crippen LogP contribution in [-0.2, 0) is 0 Å². The van der Waals surface area contributed by atoms with Gasteiger partial charge in [0.1, 0.15) is 5.82 Å². The van der Waals surface area contributed by atoms with Crippen molar-refractivity contribution >= 4 is 22.7 Å². The van der Waals surface area contributed by atoms with Gasteiger partial charge >= 0.3 is 0 Å². The molecule has 1 saturated heterocycles.